The topological polar surface area (TPSA) is 46.9 Å². The van der Waals surface area contributed by atoms with E-state index in [4.69, 9.17) is 23.2 Å². The van der Waals surface area contributed by atoms with Crippen LogP contribution in [-0.2, 0) is 0 Å². The van der Waals surface area contributed by atoms with E-state index in [1.54, 1.807) is 28.2 Å². The maximum absolute atomic E-state index is 13.1. The van der Waals surface area contributed by atoms with Gasteiger partial charge in [-0.05, 0) is 49.1 Å². The van der Waals surface area contributed by atoms with Crippen LogP contribution >= 0.6 is 34.5 Å². The molecule has 4 rings (SSSR count). The predicted molar refractivity (Wildman–Crippen MR) is 124 cm³/mol. The number of nitrogens with one attached hydrogen (secondary N) is 1. The molecule has 2 aromatic carbocycles. The van der Waals surface area contributed by atoms with E-state index < -0.39 is 0 Å². The van der Waals surface area contributed by atoms with Crippen LogP contribution in [0.5, 0.6) is 0 Å². The minimum atomic E-state index is -0.231. The quantitative estimate of drug-likeness (QED) is 0.363. The fraction of sp³-hybridized carbons (Fsp3) is 0.130. The molecule has 2 aromatic heterocycles. The Hall–Kier alpha value is -2.60. The Morgan fingerprint density at radius 1 is 1.10 bits per heavy atom. The molecule has 7 heteroatoms. The summed E-state index contributed by atoms with van der Waals surface area (Å²) in [7, 11) is 0. The number of nitrogens with zero attached hydrogens (tertiary/aromatic N) is 2. The number of aromatic nitrogens is 2. The Morgan fingerprint density at radius 2 is 1.87 bits per heavy atom. The van der Waals surface area contributed by atoms with Gasteiger partial charge in [-0.15, -0.1) is 11.3 Å². The van der Waals surface area contributed by atoms with Crippen molar-refractivity contribution in [1.29, 1.82) is 0 Å². The van der Waals surface area contributed by atoms with Crippen molar-refractivity contribution in [3.05, 3.63) is 92.9 Å². The highest BCUT2D eigenvalue weighted by Gasteiger charge is 2.24. The van der Waals surface area contributed by atoms with E-state index in [9.17, 15) is 4.79 Å². The van der Waals surface area contributed by atoms with Gasteiger partial charge >= 0.3 is 0 Å². The Labute approximate surface area is 189 Å². The maximum atomic E-state index is 13.1. The second kappa shape index (κ2) is 8.64. The SMILES string of the molecule is Cc1c(C(=O)NC(C)c2ccccc2)nn(-c2ccc(Cl)cc2Cl)c1-c1cccs1. The molecule has 0 radical (unpaired) electrons. The van der Waals surface area contributed by atoms with E-state index in [1.807, 2.05) is 67.8 Å². The standard InChI is InChI=1S/C23H19Cl2N3OS/c1-14-21(23(29)26-15(2)16-7-4-3-5-8-16)27-28(22(14)20-9-6-12-30-20)19-11-10-17(24)13-18(19)25/h3-13,15H,1-2H3,(H,26,29). The van der Waals surface area contributed by atoms with E-state index in [0.29, 0.717) is 21.4 Å². The van der Waals surface area contributed by atoms with Crippen molar-refractivity contribution in [2.45, 2.75) is 19.9 Å². The Bertz CT molecular complexity index is 1190. The van der Waals surface area contributed by atoms with Gasteiger partial charge in [-0.1, -0.05) is 59.6 Å². The molecule has 0 fully saturated rings. The van der Waals surface area contributed by atoms with Gasteiger partial charge in [0.1, 0.15) is 0 Å². The normalized spacial score (nSPS) is 12.0. The van der Waals surface area contributed by atoms with Gasteiger partial charge < -0.3 is 5.32 Å². The third-order valence-electron chi connectivity index (χ3n) is 4.88. The largest absolute Gasteiger partial charge is 0.344 e. The van der Waals surface area contributed by atoms with Crippen molar-refractivity contribution >= 4 is 40.4 Å². The molecule has 0 aliphatic rings. The van der Waals surface area contributed by atoms with E-state index in [0.717, 1.165) is 21.7 Å². The number of hydrogen-bond donors (Lipinski definition) is 1. The summed E-state index contributed by atoms with van der Waals surface area (Å²) in [4.78, 5) is 14.1. The first-order chi connectivity index (χ1) is 14.5. The van der Waals surface area contributed by atoms with Crippen LogP contribution in [-0.4, -0.2) is 15.7 Å². The van der Waals surface area contributed by atoms with Gasteiger partial charge in [0.05, 0.1) is 27.3 Å². The average molecular weight is 456 g/mol. The van der Waals surface area contributed by atoms with Crippen LogP contribution in [0.4, 0.5) is 0 Å². The molecule has 1 atom stereocenters. The predicted octanol–water partition coefficient (Wildman–Crippen LogP) is 6.71. The maximum Gasteiger partial charge on any atom is 0.272 e. The summed E-state index contributed by atoms with van der Waals surface area (Å²) in [5.41, 5.74) is 3.70. The molecular weight excluding hydrogens is 437 g/mol. The van der Waals surface area contributed by atoms with Crippen molar-refractivity contribution in [2.24, 2.45) is 0 Å². The minimum Gasteiger partial charge on any atom is -0.344 e. The van der Waals surface area contributed by atoms with Crippen molar-refractivity contribution in [1.82, 2.24) is 15.1 Å². The van der Waals surface area contributed by atoms with Gasteiger partial charge in [0.2, 0.25) is 0 Å². The number of hydrogen-bond acceptors (Lipinski definition) is 3. The molecule has 1 amide bonds. The molecule has 0 aliphatic heterocycles. The monoisotopic (exact) mass is 455 g/mol. The van der Waals surface area contributed by atoms with Gasteiger partial charge in [0.25, 0.3) is 5.91 Å². The number of halogens is 2. The van der Waals surface area contributed by atoms with Gasteiger partial charge in [-0.2, -0.15) is 5.10 Å². The van der Waals surface area contributed by atoms with Crippen LogP contribution in [0.15, 0.2) is 66.0 Å². The summed E-state index contributed by atoms with van der Waals surface area (Å²) in [5.74, 6) is -0.231. The highest BCUT2D eigenvalue weighted by atomic mass is 35.5. The number of amides is 1. The number of benzene rings is 2. The van der Waals surface area contributed by atoms with Gasteiger partial charge in [-0.3, -0.25) is 4.79 Å². The zero-order valence-electron chi connectivity index (χ0n) is 16.4. The van der Waals surface area contributed by atoms with E-state index in [-0.39, 0.29) is 11.9 Å². The first kappa shape index (κ1) is 20.7. The molecule has 0 aliphatic carbocycles. The summed E-state index contributed by atoms with van der Waals surface area (Å²) in [6.45, 7) is 3.86. The number of carbonyl (C=O) groups is 1. The number of carbonyl (C=O) groups excluding carboxylic acids is 1. The van der Waals surface area contributed by atoms with Crippen molar-refractivity contribution in [3.63, 3.8) is 0 Å². The third-order valence-corrected chi connectivity index (χ3v) is 6.29. The highest BCUT2D eigenvalue weighted by Crippen LogP contribution is 2.34. The summed E-state index contributed by atoms with van der Waals surface area (Å²) in [5, 5.41) is 10.7. The summed E-state index contributed by atoms with van der Waals surface area (Å²) >= 11 is 14.1. The molecule has 2 heterocycles. The fourth-order valence-electron chi connectivity index (χ4n) is 3.33. The first-order valence-corrected chi connectivity index (χ1v) is 11.0. The molecule has 1 N–H and O–H groups in total. The average Bonchev–Trinajstić information content (AvgIpc) is 3.36. The van der Waals surface area contributed by atoms with Gasteiger partial charge in [0.15, 0.2) is 5.69 Å². The second-order valence-corrected chi connectivity index (χ2v) is 8.70. The summed E-state index contributed by atoms with van der Waals surface area (Å²) in [6.07, 6.45) is 0. The third kappa shape index (κ3) is 4.01. The molecule has 0 saturated heterocycles. The van der Waals surface area contributed by atoms with E-state index in [1.165, 1.54) is 0 Å². The van der Waals surface area contributed by atoms with Crippen LogP contribution < -0.4 is 5.32 Å². The molecule has 4 nitrogen and oxygen atoms in total. The summed E-state index contributed by atoms with van der Waals surface area (Å²) < 4.78 is 1.72. The molecular formula is C23H19Cl2N3OS. The van der Waals surface area contributed by atoms with E-state index >= 15 is 0 Å². The van der Waals surface area contributed by atoms with Crippen LogP contribution in [0.3, 0.4) is 0 Å². The lowest BCUT2D eigenvalue weighted by Crippen LogP contribution is -2.27. The fourth-order valence-corrected chi connectivity index (χ4v) is 4.63. The molecule has 30 heavy (non-hydrogen) atoms. The lowest BCUT2D eigenvalue weighted by atomic mass is 10.1. The molecule has 0 bridgehead atoms. The van der Waals surface area contributed by atoms with Crippen molar-refractivity contribution in [3.8, 4) is 16.3 Å². The smallest absolute Gasteiger partial charge is 0.272 e. The molecule has 0 spiro atoms. The molecule has 152 valence electrons. The minimum absolute atomic E-state index is 0.146. The van der Waals surface area contributed by atoms with Crippen molar-refractivity contribution in [2.75, 3.05) is 0 Å². The Kier molecular flexibility index (Phi) is 5.95. The number of thiophene rings is 1. The van der Waals surface area contributed by atoms with Gasteiger partial charge in [-0.25, -0.2) is 4.68 Å². The molecule has 1 unspecified atom stereocenters. The lowest BCUT2D eigenvalue weighted by Gasteiger charge is -2.13. The highest BCUT2D eigenvalue weighted by molar-refractivity contribution is 7.13. The van der Waals surface area contributed by atoms with Gasteiger partial charge in [0, 0.05) is 10.6 Å². The number of rotatable bonds is 5. The first-order valence-electron chi connectivity index (χ1n) is 9.40. The van der Waals surface area contributed by atoms with Crippen LogP contribution in [0.1, 0.15) is 34.6 Å². The van der Waals surface area contributed by atoms with Crippen molar-refractivity contribution < 1.29 is 4.79 Å². The summed E-state index contributed by atoms with van der Waals surface area (Å²) in [6, 6.07) is 18.9. The zero-order valence-corrected chi connectivity index (χ0v) is 18.7. The molecule has 4 aromatic rings. The molecule has 0 saturated carbocycles. The van der Waals surface area contributed by atoms with Crippen LogP contribution in [0.2, 0.25) is 10.0 Å². The zero-order chi connectivity index (χ0) is 21.3. The van der Waals surface area contributed by atoms with E-state index in [2.05, 4.69) is 10.4 Å². The Morgan fingerprint density at radius 3 is 2.53 bits per heavy atom. The second-order valence-electron chi connectivity index (χ2n) is 6.91. The lowest BCUT2D eigenvalue weighted by molar-refractivity contribution is 0.0934. The van der Waals surface area contributed by atoms with Crippen LogP contribution in [0, 0.1) is 6.92 Å². The Balaban J connectivity index is 1.77. The van der Waals surface area contributed by atoms with Crippen LogP contribution in [0.25, 0.3) is 16.3 Å².